The lowest BCUT2D eigenvalue weighted by Crippen LogP contribution is -2.24. The number of aryl methyl sites for hydroxylation is 2. The zero-order chi connectivity index (χ0) is 18.4. The van der Waals surface area contributed by atoms with Crippen molar-refractivity contribution < 1.29 is 14.3 Å². The SMILES string of the molecule is CNC(=O)COC(=O)/C=C/c1c(C)nn(Cc2ccc(C)cc2)c1Cl. The molecule has 0 bridgehead atoms. The molecule has 0 radical (unpaired) electrons. The monoisotopic (exact) mass is 361 g/mol. The van der Waals surface area contributed by atoms with Crippen LogP contribution in [0.4, 0.5) is 0 Å². The molecule has 0 fully saturated rings. The average molecular weight is 362 g/mol. The Morgan fingerprint density at radius 2 is 1.96 bits per heavy atom. The molecule has 0 aliphatic carbocycles. The van der Waals surface area contributed by atoms with Gasteiger partial charge in [0, 0.05) is 18.7 Å². The van der Waals surface area contributed by atoms with Crippen LogP contribution in [0.2, 0.25) is 5.15 Å². The molecular formula is C18H20ClN3O3. The lowest BCUT2D eigenvalue weighted by Gasteiger charge is -2.04. The van der Waals surface area contributed by atoms with Crippen LogP contribution in [-0.2, 0) is 20.9 Å². The third-order valence-electron chi connectivity index (χ3n) is 3.57. The highest BCUT2D eigenvalue weighted by Crippen LogP contribution is 2.22. The largest absolute Gasteiger partial charge is 0.452 e. The Bertz CT molecular complexity index is 795. The summed E-state index contributed by atoms with van der Waals surface area (Å²) in [4.78, 5) is 22.7. The minimum atomic E-state index is -0.620. The van der Waals surface area contributed by atoms with E-state index in [2.05, 4.69) is 10.4 Å². The molecule has 25 heavy (non-hydrogen) atoms. The summed E-state index contributed by atoms with van der Waals surface area (Å²) in [6, 6.07) is 8.11. The standard InChI is InChI=1S/C18H20ClN3O3/c1-12-4-6-14(7-5-12)10-22-18(19)15(13(2)21-22)8-9-17(24)25-11-16(23)20-3/h4-9H,10-11H2,1-3H3,(H,20,23)/b9-8+. The topological polar surface area (TPSA) is 73.2 Å². The summed E-state index contributed by atoms with van der Waals surface area (Å²) in [5, 5.41) is 7.22. The Labute approximate surface area is 151 Å². The van der Waals surface area contributed by atoms with Crippen molar-refractivity contribution >= 4 is 29.6 Å². The molecule has 0 spiro atoms. The number of ether oxygens (including phenoxy) is 1. The number of nitrogens with one attached hydrogen (secondary N) is 1. The lowest BCUT2D eigenvalue weighted by atomic mass is 10.1. The number of nitrogens with zero attached hydrogens (tertiary/aromatic N) is 2. The molecule has 0 atom stereocenters. The van der Waals surface area contributed by atoms with Gasteiger partial charge in [0.15, 0.2) is 6.61 Å². The first-order valence-corrected chi connectivity index (χ1v) is 8.12. The molecule has 0 aliphatic heterocycles. The molecule has 7 heteroatoms. The fourth-order valence-corrected chi connectivity index (χ4v) is 2.43. The normalized spacial score (nSPS) is 10.9. The van der Waals surface area contributed by atoms with Gasteiger partial charge in [-0.05, 0) is 25.5 Å². The minimum absolute atomic E-state index is 0.320. The van der Waals surface area contributed by atoms with E-state index in [-0.39, 0.29) is 12.5 Å². The van der Waals surface area contributed by atoms with Gasteiger partial charge in [0.25, 0.3) is 5.91 Å². The first kappa shape index (κ1) is 18.7. The van der Waals surface area contributed by atoms with Gasteiger partial charge in [-0.2, -0.15) is 5.10 Å². The van der Waals surface area contributed by atoms with Crippen molar-refractivity contribution in [3.63, 3.8) is 0 Å². The highest BCUT2D eigenvalue weighted by Gasteiger charge is 2.12. The van der Waals surface area contributed by atoms with Crippen LogP contribution in [0.3, 0.4) is 0 Å². The molecule has 0 saturated heterocycles. The van der Waals surface area contributed by atoms with E-state index >= 15 is 0 Å². The van der Waals surface area contributed by atoms with Crippen LogP contribution in [0.1, 0.15) is 22.4 Å². The van der Waals surface area contributed by atoms with Crippen molar-refractivity contribution in [1.29, 1.82) is 0 Å². The smallest absolute Gasteiger partial charge is 0.331 e. The molecule has 1 amide bonds. The highest BCUT2D eigenvalue weighted by molar-refractivity contribution is 6.31. The summed E-state index contributed by atoms with van der Waals surface area (Å²) in [5.41, 5.74) is 3.61. The van der Waals surface area contributed by atoms with Crippen molar-refractivity contribution in [2.75, 3.05) is 13.7 Å². The van der Waals surface area contributed by atoms with Gasteiger partial charge in [-0.1, -0.05) is 41.4 Å². The van der Waals surface area contributed by atoms with E-state index in [1.807, 2.05) is 38.1 Å². The lowest BCUT2D eigenvalue weighted by molar-refractivity contribution is -0.143. The van der Waals surface area contributed by atoms with E-state index in [1.54, 1.807) is 10.8 Å². The number of amides is 1. The highest BCUT2D eigenvalue weighted by atomic mass is 35.5. The van der Waals surface area contributed by atoms with Crippen LogP contribution in [0.15, 0.2) is 30.3 Å². The number of halogens is 1. The average Bonchev–Trinajstić information content (AvgIpc) is 2.86. The molecule has 2 aromatic rings. The number of hydrogen-bond acceptors (Lipinski definition) is 4. The number of esters is 1. The van der Waals surface area contributed by atoms with Gasteiger partial charge in [0.05, 0.1) is 12.2 Å². The molecule has 2 rings (SSSR count). The molecule has 1 aromatic carbocycles. The second kappa shape index (κ2) is 8.48. The Kier molecular flexibility index (Phi) is 6.36. The van der Waals surface area contributed by atoms with Gasteiger partial charge in [-0.15, -0.1) is 0 Å². The number of carbonyl (C=O) groups excluding carboxylic acids is 2. The number of benzene rings is 1. The number of rotatable bonds is 6. The molecule has 6 nitrogen and oxygen atoms in total. The molecule has 1 heterocycles. The summed E-state index contributed by atoms with van der Waals surface area (Å²) >= 11 is 6.38. The van der Waals surface area contributed by atoms with Crippen LogP contribution < -0.4 is 5.32 Å². The van der Waals surface area contributed by atoms with Gasteiger partial charge in [-0.25, -0.2) is 9.48 Å². The van der Waals surface area contributed by atoms with Gasteiger partial charge in [0.2, 0.25) is 0 Å². The Hall–Kier alpha value is -2.60. The Morgan fingerprint density at radius 3 is 2.60 bits per heavy atom. The van der Waals surface area contributed by atoms with Crippen molar-refractivity contribution in [3.8, 4) is 0 Å². The number of carbonyl (C=O) groups is 2. The second-order valence-electron chi connectivity index (χ2n) is 5.55. The molecular weight excluding hydrogens is 342 g/mol. The molecule has 0 unspecified atom stereocenters. The van der Waals surface area contributed by atoms with Crippen LogP contribution >= 0.6 is 11.6 Å². The maximum atomic E-state index is 11.6. The molecule has 1 aromatic heterocycles. The minimum Gasteiger partial charge on any atom is -0.452 e. The van der Waals surface area contributed by atoms with E-state index in [0.29, 0.717) is 23.0 Å². The summed E-state index contributed by atoms with van der Waals surface area (Å²) < 4.78 is 6.48. The van der Waals surface area contributed by atoms with Crippen LogP contribution in [0.25, 0.3) is 6.08 Å². The van der Waals surface area contributed by atoms with E-state index in [0.717, 1.165) is 5.56 Å². The maximum Gasteiger partial charge on any atom is 0.331 e. The predicted molar refractivity (Wildman–Crippen MR) is 96.3 cm³/mol. The molecule has 1 N–H and O–H groups in total. The molecule has 132 valence electrons. The van der Waals surface area contributed by atoms with Crippen molar-refractivity contribution in [2.45, 2.75) is 20.4 Å². The van der Waals surface area contributed by atoms with E-state index in [9.17, 15) is 9.59 Å². The first-order valence-electron chi connectivity index (χ1n) is 7.74. The van der Waals surface area contributed by atoms with Gasteiger partial charge < -0.3 is 10.1 Å². The Balaban J connectivity index is 2.08. The molecule has 0 saturated carbocycles. The van der Waals surface area contributed by atoms with E-state index in [4.69, 9.17) is 16.3 Å². The van der Waals surface area contributed by atoms with Crippen molar-refractivity contribution in [1.82, 2.24) is 15.1 Å². The van der Waals surface area contributed by atoms with Gasteiger partial charge >= 0.3 is 5.97 Å². The number of aromatic nitrogens is 2. The fraction of sp³-hybridized carbons (Fsp3) is 0.278. The van der Waals surface area contributed by atoms with E-state index < -0.39 is 5.97 Å². The zero-order valence-electron chi connectivity index (χ0n) is 14.4. The number of hydrogen-bond donors (Lipinski definition) is 1. The summed E-state index contributed by atoms with van der Waals surface area (Å²) in [7, 11) is 1.47. The van der Waals surface area contributed by atoms with Crippen LogP contribution in [0.5, 0.6) is 0 Å². The van der Waals surface area contributed by atoms with Crippen LogP contribution in [0, 0.1) is 13.8 Å². The first-order chi connectivity index (χ1) is 11.9. The fourth-order valence-electron chi connectivity index (χ4n) is 2.14. The third-order valence-corrected chi connectivity index (χ3v) is 3.97. The van der Waals surface area contributed by atoms with E-state index in [1.165, 1.54) is 18.7 Å². The second-order valence-corrected chi connectivity index (χ2v) is 5.91. The Morgan fingerprint density at radius 1 is 1.28 bits per heavy atom. The van der Waals surface area contributed by atoms with Crippen molar-refractivity contribution in [3.05, 3.63) is 57.9 Å². The van der Waals surface area contributed by atoms with Gasteiger partial charge in [-0.3, -0.25) is 4.79 Å². The molecule has 0 aliphatic rings. The van der Waals surface area contributed by atoms with Crippen molar-refractivity contribution in [2.24, 2.45) is 0 Å². The summed E-state index contributed by atoms with van der Waals surface area (Å²) in [5.74, 6) is -0.993. The zero-order valence-corrected chi connectivity index (χ0v) is 15.1. The quantitative estimate of drug-likeness (QED) is 0.633. The van der Waals surface area contributed by atoms with Gasteiger partial charge in [0.1, 0.15) is 5.15 Å². The maximum absolute atomic E-state index is 11.6. The van der Waals surface area contributed by atoms with Crippen LogP contribution in [-0.4, -0.2) is 35.3 Å². The summed E-state index contributed by atoms with van der Waals surface area (Å²) in [6.45, 7) is 4.06. The third kappa shape index (κ3) is 5.19. The number of likely N-dealkylation sites (N-methyl/N-ethyl adjacent to an activating group) is 1. The predicted octanol–water partition coefficient (Wildman–Crippen LogP) is 2.50. The summed E-state index contributed by atoms with van der Waals surface area (Å²) in [6.07, 6.45) is 2.78.